The van der Waals surface area contributed by atoms with Gasteiger partial charge in [0.05, 0.1) is 36.2 Å². The quantitative estimate of drug-likeness (QED) is 0.519. The second kappa shape index (κ2) is 9.43. The minimum atomic E-state index is -4.63. The summed E-state index contributed by atoms with van der Waals surface area (Å²) in [5, 5.41) is 7.06. The number of rotatable bonds is 5. The number of likely N-dealkylation sites (tertiary alicyclic amines) is 1. The van der Waals surface area contributed by atoms with Crippen molar-refractivity contribution in [2.45, 2.75) is 38.4 Å². The summed E-state index contributed by atoms with van der Waals surface area (Å²) in [6, 6.07) is 2.83. The lowest BCUT2D eigenvalue weighted by Gasteiger charge is -2.43. The Morgan fingerprint density at radius 2 is 1.92 bits per heavy atom. The van der Waals surface area contributed by atoms with E-state index < -0.39 is 48.6 Å². The Labute approximate surface area is 203 Å². The Balaban J connectivity index is 1.60. The Morgan fingerprint density at radius 1 is 1.17 bits per heavy atom. The Bertz CT molecular complexity index is 1230. The summed E-state index contributed by atoms with van der Waals surface area (Å²) in [6.07, 6.45) is -0.357. The van der Waals surface area contributed by atoms with Crippen molar-refractivity contribution in [3.63, 3.8) is 0 Å². The van der Waals surface area contributed by atoms with Gasteiger partial charge in [-0.15, -0.1) is 0 Å². The molecule has 0 radical (unpaired) electrons. The lowest BCUT2D eigenvalue weighted by atomic mass is 9.88. The number of alkyl halides is 5. The largest absolute Gasteiger partial charge is 0.434 e. The van der Waals surface area contributed by atoms with E-state index in [1.165, 1.54) is 4.68 Å². The number of amides is 1. The molecule has 1 aliphatic rings. The molecule has 8 nitrogen and oxygen atoms in total. The summed E-state index contributed by atoms with van der Waals surface area (Å²) in [7, 11) is 1.62. The highest BCUT2D eigenvalue weighted by atomic mass is 19.4. The van der Waals surface area contributed by atoms with Gasteiger partial charge < -0.3 is 10.2 Å². The van der Waals surface area contributed by atoms with E-state index in [9.17, 15) is 26.7 Å². The fourth-order valence-electron chi connectivity index (χ4n) is 4.25. The van der Waals surface area contributed by atoms with Gasteiger partial charge in [-0.25, -0.2) is 18.7 Å². The molecule has 1 amide bonds. The van der Waals surface area contributed by atoms with E-state index in [1.54, 1.807) is 32.4 Å². The molecule has 0 aliphatic carbocycles. The number of piperidine rings is 1. The number of nitrogens with one attached hydrogen (secondary N) is 1. The van der Waals surface area contributed by atoms with Gasteiger partial charge in [0.25, 0.3) is 11.8 Å². The molecule has 1 aliphatic heterocycles. The van der Waals surface area contributed by atoms with Gasteiger partial charge in [0.1, 0.15) is 5.82 Å². The number of carbonyl (C=O) groups is 1. The van der Waals surface area contributed by atoms with Crippen molar-refractivity contribution in [2.24, 2.45) is 13.0 Å². The third kappa shape index (κ3) is 5.44. The van der Waals surface area contributed by atoms with E-state index in [0.717, 1.165) is 16.7 Å². The lowest BCUT2D eigenvalue weighted by molar-refractivity contribution is -0.141. The molecule has 2 atom stereocenters. The number of carbonyl (C=O) groups excluding carboxylic acids is 1. The molecule has 36 heavy (non-hydrogen) atoms. The molecule has 4 rings (SSSR count). The lowest BCUT2D eigenvalue weighted by Crippen LogP contribution is -2.57. The monoisotopic (exact) mass is 509 g/mol. The van der Waals surface area contributed by atoms with Crippen LogP contribution < -0.4 is 5.32 Å². The molecule has 1 N–H and O–H groups in total. The summed E-state index contributed by atoms with van der Waals surface area (Å²) >= 11 is 0. The fraction of sp³-hybridized carbons (Fsp3) is 0.435. The van der Waals surface area contributed by atoms with Crippen LogP contribution in [0.25, 0.3) is 11.3 Å². The topological polar surface area (TPSA) is 88.8 Å². The average molecular weight is 509 g/mol. The zero-order chi connectivity index (χ0) is 26.3. The SMILES string of the molecule is Cc1ccc(-c2cn(C)nc2C(=O)N2CC(F)(F)C[C@@H](C)[C@H]2CNc2cnc(C(F)(F)F)cn2)nc1. The van der Waals surface area contributed by atoms with Gasteiger partial charge in [0.2, 0.25) is 0 Å². The average Bonchev–Trinajstić information content (AvgIpc) is 3.19. The molecule has 0 unspecified atom stereocenters. The predicted octanol–water partition coefficient (Wildman–Crippen LogP) is 4.20. The van der Waals surface area contributed by atoms with Crippen molar-refractivity contribution in [3.05, 3.63) is 53.9 Å². The molecule has 3 aromatic rings. The van der Waals surface area contributed by atoms with Crippen LogP contribution >= 0.6 is 0 Å². The summed E-state index contributed by atoms with van der Waals surface area (Å²) in [4.78, 5) is 26.0. The summed E-state index contributed by atoms with van der Waals surface area (Å²) in [5.74, 6) is -4.40. The van der Waals surface area contributed by atoms with E-state index in [-0.39, 0.29) is 18.1 Å². The molecular weight excluding hydrogens is 485 g/mol. The maximum atomic E-state index is 14.6. The first-order chi connectivity index (χ1) is 16.8. The highest BCUT2D eigenvalue weighted by molar-refractivity contribution is 5.98. The molecule has 0 bridgehead atoms. The molecule has 13 heteroatoms. The molecule has 0 aromatic carbocycles. The smallest absolute Gasteiger partial charge is 0.367 e. The van der Waals surface area contributed by atoms with Crippen molar-refractivity contribution in [1.82, 2.24) is 29.6 Å². The van der Waals surface area contributed by atoms with Gasteiger partial charge in [-0.2, -0.15) is 18.3 Å². The third-order valence-electron chi connectivity index (χ3n) is 5.99. The summed E-state index contributed by atoms with van der Waals surface area (Å²) in [6.45, 7) is 2.62. The van der Waals surface area contributed by atoms with Crippen LogP contribution in [0.15, 0.2) is 36.9 Å². The van der Waals surface area contributed by atoms with Gasteiger partial charge in [0, 0.05) is 32.4 Å². The maximum absolute atomic E-state index is 14.6. The second-order valence-electron chi connectivity index (χ2n) is 8.99. The van der Waals surface area contributed by atoms with Crippen molar-refractivity contribution in [3.8, 4) is 11.3 Å². The Kier molecular flexibility index (Phi) is 6.67. The molecule has 0 spiro atoms. The van der Waals surface area contributed by atoms with Gasteiger partial charge in [-0.05, 0) is 24.5 Å². The first kappa shape index (κ1) is 25.5. The first-order valence-corrected chi connectivity index (χ1v) is 11.1. The third-order valence-corrected chi connectivity index (χ3v) is 5.99. The van der Waals surface area contributed by atoms with Crippen LogP contribution in [0.3, 0.4) is 0 Å². The normalized spacial score (nSPS) is 19.8. The number of hydrogen-bond acceptors (Lipinski definition) is 6. The van der Waals surface area contributed by atoms with Crippen molar-refractivity contribution < 1.29 is 26.7 Å². The maximum Gasteiger partial charge on any atom is 0.434 e. The standard InChI is InChI=1S/C23H24F5N7O/c1-13-4-5-16(29-7-13)15-11-34(3)33-20(15)21(36)35-12-22(24,25)6-14(2)17(35)8-31-19-10-30-18(9-32-19)23(26,27)28/h4-5,7,9-11,14,17H,6,8,12H2,1-3H3,(H,31,32)/t14-,17-/m1/s1. The number of nitrogens with zero attached hydrogens (tertiary/aromatic N) is 6. The second-order valence-corrected chi connectivity index (χ2v) is 8.99. The number of anilines is 1. The van der Waals surface area contributed by atoms with Gasteiger partial charge >= 0.3 is 6.18 Å². The predicted molar refractivity (Wildman–Crippen MR) is 120 cm³/mol. The van der Waals surface area contributed by atoms with Gasteiger partial charge in [-0.3, -0.25) is 14.5 Å². The van der Waals surface area contributed by atoms with Crippen LogP contribution in [0.5, 0.6) is 0 Å². The number of pyridine rings is 1. The molecule has 1 fully saturated rings. The number of hydrogen-bond donors (Lipinski definition) is 1. The van der Waals surface area contributed by atoms with Crippen LogP contribution in [0.4, 0.5) is 27.8 Å². The van der Waals surface area contributed by atoms with Crippen LogP contribution in [-0.4, -0.2) is 60.6 Å². The van der Waals surface area contributed by atoms with Gasteiger partial charge in [-0.1, -0.05) is 13.0 Å². The van der Waals surface area contributed by atoms with Crippen molar-refractivity contribution in [1.29, 1.82) is 0 Å². The number of aromatic nitrogens is 5. The highest BCUT2D eigenvalue weighted by Crippen LogP contribution is 2.36. The van der Waals surface area contributed by atoms with E-state index in [0.29, 0.717) is 17.5 Å². The van der Waals surface area contributed by atoms with Crippen LogP contribution in [0.2, 0.25) is 0 Å². The van der Waals surface area contributed by atoms with E-state index in [1.807, 2.05) is 13.0 Å². The fourth-order valence-corrected chi connectivity index (χ4v) is 4.25. The van der Waals surface area contributed by atoms with Crippen molar-refractivity contribution in [2.75, 3.05) is 18.4 Å². The van der Waals surface area contributed by atoms with Crippen molar-refractivity contribution >= 4 is 11.7 Å². The molecule has 3 aromatic heterocycles. The van der Waals surface area contributed by atoms with E-state index in [4.69, 9.17) is 0 Å². The molecular formula is C23H24F5N7O. The summed E-state index contributed by atoms with van der Waals surface area (Å²) in [5.41, 5.74) is 0.631. The minimum absolute atomic E-state index is 0.0157. The zero-order valence-corrected chi connectivity index (χ0v) is 19.7. The zero-order valence-electron chi connectivity index (χ0n) is 19.7. The van der Waals surface area contributed by atoms with E-state index in [2.05, 4.69) is 25.4 Å². The molecule has 1 saturated heterocycles. The Hall–Kier alpha value is -3.64. The molecule has 4 heterocycles. The first-order valence-electron chi connectivity index (χ1n) is 11.1. The number of halogens is 5. The van der Waals surface area contributed by atoms with Crippen LogP contribution in [-0.2, 0) is 13.2 Å². The van der Waals surface area contributed by atoms with Gasteiger partial charge in [0.15, 0.2) is 11.4 Å². The van der Waals surface area contributed by atoms with Crippen LogP contribution in [0.1, 0.15) is 35.1 Å². The number of aryl methyl sites for hydroxylation is 2. The minimum Gasteiger partial charge on any atom is -0.367 e. The van der Waals surface area contributed by atoms with Crippen LogP contribution in [0, 0.1) is 12.8 Å². The summed E-state index contributed by atoms with van der Waals surface area (Å²) < 4.78 is 68.8. The Morgan fingerprint density at radius 3 is 2.53 bits per heavy atom. The highest BCUT2D eigenvalue weighted by Gasteiger charge is 2.47. The van der Waals surface area contributed by atoms with E-state index >= 15 is 0 Å². The molecule has 0 saturated carbocycles. The molecule has 192 valence electrons.